The van der Waals surface area contributed by atoms with Crippen LogP contribution < -0.4 is 10.0 Å². The van der Waals surface area contributed by atoms with Crippen LogP contribution in [-0.4, -0.2) is 43.6 Å². The van der Waals surface area contributed by atoms with Crippen molar-refractivity contribution in [3.8, 4) is 0 Å². The lowest BCUT2D eigenvalue weighted by Gasteiger charge is -2.22. The van der Waals surface area contributed by atoms with E-state index in [2.05, 4.69) is 15.1 Å². The summed E-state index contributed by atoms with van der Waals surface area (Å²) in [6, 6.07) is 2.03. The van der Waals surface area contributed by atoms with Gasteiger partial charge in [0.1, 0.15) is 0 Å². The Morgan fingerprint density at radius 2 is 2.29 bits per heavy atom. The van der Waals surface area contributed by atoms with Gasteiger partial charge in [0.15, 0.2) is 0 Å². The van der Waals surface area contributed by atoms with E-state index in [1.54, 1.807) is 0 Å². The van der Waals surface area contributed by atoms with Gasteiger partial charge in [0, 0.05) is 18.8 Å². The molecular formula is C14H26N4O2S. The standard InChI is InChI=1S/C14H26N4O2S/c1-12-9-13(2)18(17-12)8-4-7-16-21(19,20)11-14-5-3-6-15-10-14/h9,14-16H,3-8,10-11H2,1-2H3. The summed E-state index contributed by atoms with van der Waals surface area (Å²) in [4.78, 5) is 0. The highest BCUT2D eigenvalue weighted by molar-refractivity contribution is 7.89. The molecule has 1 aliphatic rings. The lowest BCUT2D eigenvalue weighted by Crippen LogP contribution is -2.38. The van der Waals surface area contributed by atoms with Crippen molar-refractivity contribution in [3.05, 3.63) is 17.5 Å². The zero-order valence-corrected chi connectivity index (χ0v) is 13.7. The molecule has 6 nitrogen and oxygen atoms in total. The van der Waals surface area contributed by atoms with Crippen molar-refractivity contribution < 1.29 is 8.42 Å². The lowest BCUT2D eigenvalue weighted by atomic mass is 10.0. The minimum atomic E-state index is -3.16. The molecule has 1 atom stereocenters. The van der Waals surface area contributed by atoms with E-state index in [9.17, 15) is 8.42 Å². The quantitative estimate of drug-likeness (QED) is 0.730. The van der Waals surface area contributed by atoms with Gasteiger partial charge in [-0.25, -0.2) is 13.1 Å². The average molecular weight is 314 g/mol. The van der Waals surface area contributed by atoms with Crippen LogP contribution in [0.15, 0.2) is 6.07 Å². The van der Waals surface area contributed by atoms with Crippen molar-refractivity contribution in [1.82, 2.24) is 19.8 Å². The Morgan fingerprint density at radius 3 is 2.90 bits per heavy atom. The largest absolute Gasteiger partial charge is 0.316 e. The number of nitrogens with one attached hydrogen (secondary N) is 2. The fraction of sp³-hybridized carbons (Fsp3) is 0.786. The van der Waals surface area contributed by atoms with Crippen LogP contribution in [0.1, 0.15) is 30.7 Å². The first-order chi connectivity index (χ1) is 9.96. The third kappa shape index (κ3) is 5.41. The van der Waals surface area contributed by atoms with Gasteiger partial charge >= 0.3 is 0 Å². The molecule has 0 spiro atoms. The minimum Gasteiger partial charge on any atom is -0.316 e. The number of hydrogen-bond donors (Lipinski definition) is 2. The zero-order chi connectivity index (χ0) is 15.3. The first kappa shape index (κ1) is 16.5. The van der Waals surface area contributed by atoms with E-state index in [0.29, 0.717) is 6.54 Å². The summed E-state index contributed by atoms with van der Waals surface area (Å²) >= 11 is 0. The molecule has 2 N–H and O–H groups in total. The molecule has 0 saturated carbocycles. The predicted octanol–water partition coefficient (Wildman–Crippen LogP) is 0.809. The van der Waals surface area contributed by atoms with Gasteiger partial charge in [0.2, 0.25) is 10.0 Å². The fourth-order valence-electron chi connectivity index (χ4n) is 2.79. The summed E-state index contributed by atoms with van der Waals surface area (Å²) in [5.41, 5.74) is 2.11. The molecule has 0 radical (unpaired) electrons. The second-order valence-corrected chi connectivity index (χ2v) is 7.74. The molecular weight excluding hydrogens is 288 g/mol. The van der Waals surface area contributed by atoms with Crippen LogP contribution in [-0.2, 0) is 16.6 Å². The second-order valence-electron chi connectivity index (χ2n) is 5.89. The van der Waals surface area contributed by atoms with Crippen LogP contribution in [0.3, 0.4) is 0 Å². The molecule has 1 aromatic heterocycles. The molecule has 1 saturated heterocycles. The van der Waals surface area contributed by atoms with Gasteiger partial charge in [-0.2, -0.15) is 5.10 Å². The Hall–Kier alpha value is -0.920. The Morgan fingerprint density at radius 1 is 1.48 bits per heavy atom. The summed E-state index contributed by atoms with van der Waals surface area (Å²) in [6.45, 7) is 7.01. The Bertz CT molecular complexity index is 547. The molecule has 0 aliphatic carbocycles. The molecule has 1 aromatic rings. The van der Waals surface area contributed by atoms with Crippen molar-refractivity contribution in [2.75, 3.05) is 25.4 Å². The first-order valence-electron chi connectivity index (χ1n) is 7.65. The van der Waals surface area contributed by atoms with Gasteiger partial charge in [0.05, 0.1) is 11.4 Å². The maximum absolute atomic E-state index is 12.0. The van der Waals surface area contributed by atoms with Crippen LogP contribution in [0, 0.1) is 19.8 Å². The van der Waals surface area contributed by atoms with E-state index in [4.69, 9.17) is 0 Å². The van der Waals surface area contributed by atoms with Crippen LogP contribution in [0.25, 0.3) is 0 Å². The Kier molecular flexibility index (Phi) is 5.78. The fourth-order valence-corrected chi connectivity index (χ4v) is 4.27. The highest BCUT2D eigenvalue weighted by atomic mass is 32.2. The van der Waals surface area contributed by atoms with Gasteiger partial charge < -0.3 is 5.32 Å². The predicted molar refractivity (Wildman–Crippen MR) is 83.7 cm³/mol. The Balaban J connectivity index is 1.70. The van der Waals surface area contributed by atoms with Crippen molar-refractivity contribution in [1.29, 1.82) is 0 Å². The SMILES string of the molecule is Cc1cc(C)n(CCCNS(=O)(=O)CC2CCCNC2)n1. The first-order valence-corrected chi connectivity index (χ1v) is 9.30. The minimum absolute atomic E-state index is 0.236. The summed E-state index contributed by atoms with van der Waals surface area (Å²) in [7, 11) is -3.16. The smallest absolute Gasteiger partial charge is 0.211 e. The molecule has 1 unspecified atom stereocenters. The maximum Gasteiger partial charge on any atom is 0.211 e. The molecule has 0 bridgehead atoms. The van der Waals surface area contributed by atoms with Crippen molar-refractivity contribution in [2.45, 2.75) is 39.7 Å². The van der Waals surface area contributed by atoms with E-state index < -0.39 is 10.0 Å². The monoisotopic (exact) mass is 314 g/mol. The van der Waals surface area contributed by atoms with Crippen LogP contribution in [0.5, 0.6) is 0 Å². The van der Waals surface area contributed by atoms with E-state index in [-0.39, 0.29) is 11.7 Å². The summed E-state index contributed by atoms with van der Waals surface area (Å²) in [5.74, 6) is 0.479. The van der Waals surface area contributed by atoms with Crippen LogP contribution in [0.2, 0.25) is 0 Å². The molecule has 7 heteroatoms. The second kappa shape index (κ2) is 7.38. The third-order valence-electron chi connectivity index (χ3n) is 3.83. The molecule has 1 fully saturated rings. The molecule has 0 amide bonds. The average Bonchev–Trinajstić information content (AvgIpc) is 2.74. The summed E-state index contributed by atoms with van der Waals surface area (Å²) in [5, 5.41) is 7.62. The van der Waals surface area contributed by atoms with Crippen molar-refractivity contribution in [2.24, 2.45) is 5.92 Å². The van der Waals surface area contributed by atoms with Crippen molar-refractivity contribution >= 4 is 10.0 Å². The number of sulfonamides is 1. The van der Waals surface area contributed by atoms with E-state index >= 15 is 0 Å². The number of rotatable bonds is 7. The van der Waals surface area contributed by atoms with E-state index in [1.807, 2.05) is 24.6 Å². The molecule has 1 aliphatic heterocycles. The van der Waals surface area contributed by atoms with E-state index in [1.165, 1.54) is 0 Å². The summed E-state index contributed by atoms with van der Waals surface area (Å²) in [6.07, 6.45) is 2.82. The zero-order valence-electron chi connectivity index (χ0n) is 12.9. The molecule has 120 valence electrons. The van der Waals surface area contributed by atoms with Crippen molar-refractivity contribution in [3.63, 3.8) is 0 Å². The van der Waals surface area contributed by atoms with Gasteiger partial charge in [0.25, 0.3) is 0 Å². The summed E-state index contributed by atoms with van der Waals surface area (Å²) < 4.78 is 28.7. The highest BCUT2D eigenvalue weighted by Gasteiger charge is 2.20. The number of hydrogen-bond acceptors (Lipinski definition) is 4. The normalized spacial score (nSPS) is 19.8. The number of nitrogens with zero attached hydrogens (tertiary/aromatic N) is 2. The van der Waals surface area contributed by atoms with Gasteiger partial charge in [-0.3, -0.25) is 4.68 Å². The molecule has 21 heavy (non-hydrogen) atoms. The van der Waals surface area contributed by atoms with Gasteiger partial charge in [-0.1, -0.05) is 0 Å². The molecule has 0 aromatic carbocycles. The lowest BCUT2D eigenvalue weighted by molar-refractivity contribution is 0.402. The van der Waals surface area contributed by atoms with Gasteiger partial charge in [-0.05, 0) is 58.2 Å². The Labute approximate surface area is 127 Å². The highest BCUT2D eigenvalue weighted by Crippen LogP contribution is 2.11. The van der Waals surface area contributed by atoms with Crippen LogP contribution in [0.4, 0.5) is 0 Å². The topological polar surface area (TPSA) is 76.0 Å². The van der Waals surface area contributed by atoms with Gasteiger partial charge in [-0.15, -0.1) is 0 Å². The third-order valence-corrected chi connectivity index (χ3v) is 5.38. The molecule has 2 rings (SSSR count). The van der Waals surface area contributed by atoms with Crippen LogP contribution >= 0.6 is 0 Å². The number of piperidine rings is 1. The maximum atomic E-state index is 12.0. The van der Waals surface area contributed by atoms with E-state index in [0.717, 1.165) is 50.3 Å². The number of aryl methyl sites for hydroxylation is 3. The molecule has 2 heterocycles. The number of aromatic nitrogens is 2.